The molecule has 214 valence electrons. The third-order valence-corrected chi connectivity index (χ3v) is 8.41. The summed E-state index contributed by atoms with van der Waals surface area (Å²) in [5.74, 6) is 1.23. The van der Waals surface area contributed by atoms with Crippen molar-refractivity contribution in [3.63, 3.8) is 0 Å². The van der Waals surface area contributed by atoms with Crippen molar-refractivity contribution in [3.05, 3.63) is 66.2 Å². The number of para-hydroxylation sites is 2. The molecule has 5 rings (SSSR count). The first-order valence-corrected chi connectivity index (χ1v) is 14.2. The van der Waals surface area contributed by atoms with Gasteiger partial charge in [-0.25, -0.2) is 18.4 Å². The number of hydrogen-bond donors (Lipinski definition) is 1. The first kappa shape index (κ1) is 28.0. The highest BCUT2D eigenvalue weighted by Crippen LogP contribution is 2.39. The second-order valence-corrected chi connectivity index (χ2v) is 11.3. The number of sulfonamides is 1. The maximum absolute atomic E-state index is 13.8. The highest BCUT2D eigenvalue weighted by Gasteiger charge is 2.35. The first-order valence-electron chi connectivity index (χ1n) is 12.6. The van der Waals surface area contributed by atoms with E-state index >= 15 is 0 Å². The van der Waals surface area contributed by atoms with Crippen molar-refractivity contribution in [1.29, 1.82) is 0 Å². The Morgan fingerprint density at radius 3 is 2.22 bits per heavy atom. The Bertz CT molecular complexity index is 1780. The molecule has 0 spiro atoms. The fourth-order valence-corrected chi connectivity index (χ4v) is 5.72. The van der Waals surface area contributed by atoms with Gasteiger partial charge in [-0.3, -0.25) is 14.0 Å². The van der Waals surface area contributed by atoms with Crippen LogP contribution < -0.4 is 14.2 Å². The predicted octanol–water partition coefficient (Wildman–Crippen LogP) is 3.45. The third-order valence-electron chi connectivity index (χ3n) is 6.72. The summed E-state index contributed by atoms with van der Waals surface area (Å²) in [6.45, 7) is 3.35. The van der Waals surface area contributed by atoms with Crippen molar-refractivity contribution in [1.82, 2.24) is 34.5 Å². The summed E-state index contributed by atoms with van der Waals surface area (Å²) in [7, 11) is 2.10. The van der Waals surface area contributed by atoms with Crippen molar-refractivity contribution in [3.8, 4) is 28.7 Å². The van der Waals surface area contributed by atoms with Crippen LogP contribution in [0.15, 0.2) is 54.9 Å². The van der Waals surface area contributed by atoms with E-state index in [2.05, 4.69) is 30.0 Å². The molecular weight excluding hydrogens is 548 g/mol. The molecule has 0 radical (unpaired) electrons. The zero-order valence-electron chi connectivity index (χ0n) is 23.4. The summed E-state index contributed by atoms with van der Waals surface area (Å²) >= 11 is 0. The molecule has 0 fully saturated rings. The fourth-order valence-electron chi connectivity index (χ4n) is 4.59. The van der Waals surface area contributed by atoms with E-state index in [0.717, 1.165) is 16.5 Å². The molecule has 0 saturated heterocycles. The average molecular weight is 579 g/mol. The molecule has 2 aromatic carbocycles. The molecule has 0 aliphatic rings. The van der Waals surface area contributed by atoms with Crippen molar-refractivity contribution in [2.24, 2.45) is 7.05 Å². The van der Waals surface area contributed by atoms with E-state index in [9.17, 15) is 8.42 Å². The molecular formula is C27H30N8O5S. The van der Waals surface area contributed by atoms with Crippen LogP contribution in [-0.4, -0.2) is 69.5 Å². The summed E-state index contributed by atoms with van der Waals surface area (Å²) in [4.78, 5) is 8.54. The van der Waals surface area contributed by atoms with E-state index in [0.29, 0.717) is 22.9 Å². The minimum atomic E-state index is -4.14. The molecule has 1 N–H and O–H groups in total. The lowest BCUT2D eigenvalue weighted by Gasteiger charge is -2.22. The molecule has 0 amide bonds. The van der Waals surface area contributed by atoms with E-state index < -0.39 is 21.4 Å². The number of hydrogen-bond acceptors (Lipinski definition) is 10. The summed E-state index contributed by atoms with van der Waals surface area (Å²) in [5, 5.41) is 13.0. The minimum Gasteiger partial charge on any atom is -0.494 e. The van der Waals surface area contributed by atoms with Crippen molar-refractivity contribution >= 4 is 26.9 Å². The fraction of sp³-hybridized carbons (Fsp3) is 0.296. The van der Waals surface area contributed by atoms with Gasteiger partial charge in [-0.05, 0) is 37.6 Å². The number of nitrogens with zero attached hydrogens (tertiary/aromatic N) is 7. The maximum atomic E-state index is 13.8. The van der Waals surface area contributed by atoms with Crippen molar-refractivity contribution in [2.75, 3.05) is 26.1 Å². The molecule has 0 aliphatic heterocycles. The van der Waals surface area contributed by atoms with E-state index in [1.54, 1.807) is 35.3 Å². The topological polar surface area (TPSA) is 148 Å². The van der Waals surface area contributed by atoms with Crippen LogP contribution in [0.25, 0.3) is 28.1 Å². The van der Waals surface area contributed by atoms with Crippen LogP contribution in [0, 0.1) is 6.92 Å². The van der Waals surface area contributed by atoms with Crippen molar-refractivity contribution < 1.29 is 22.6 Å². The lowest BCUT2D eigenvalue weighted by atomic mass is 10.2. The highest BCUT2D eigenvalue weighted by atomic mass is 32.2. The molecule has 3 heterocycles. The molecule has 14 heteroatoms. The predicted molar refractivity (Wildman–Crippen MR) is 153 cm³/mol. The summed E-state index contributed by atoms with van der Waals surface area (Å²) in [6, 6.07) is 12.9. The van der Waals surface area contributed by atoms with Gasteiger partial charge in [0.25, 0.3) is 0 Å². The number of nitrogens with one attached hydrogen (secondary N) is 1. The van der Waals surface area contributed by atoms with Gasteiger partial charge < -0.3 is 14.2 Å². The summed E-state index contributed by atoms with van der Waals surface area (Å²) in [5.41, 5.74) is 2.58. The highest BCUT2D eigenvalue weighted by molar-refractivity contribution is 7.93. The Morgan fingerprint density at radius 2 is 1.59 bits per heavy atom. The second kappa shape index (κ2) is 11.1. The zero-order chi connectivity index (χ0) is 29.3. The minimum absolute atomic E-state index is 0.0935. The number of ether oxygens (including phenoxy) is 3. The molecule has 0 unspecified atom stereocenters. The monoisotopic (exact) mass is 578 g/mol. The molecule has 13 nitrogen and oxygen atoms in total. The molecule has 0 bridgehead atoms. The second-order valence-electron chi connectivity index (χ2n) is 9.31. The van der Waals surface area contributed by atoms with Gasteiger partial charge in [0, 0.05) is 31.9 Å². The van der Waals surface area contributed by atoms with Gasteiger partial charge in [0.15, 0.2) is 11.6 Å². The number of fused-ring (bicyclic) bond motifs is 1. The number of rotatable bonds is 10. The van der Waals surface area contributed by atoms with Gasteiger partial charge in [0.05, 0.1) is 19.7 Å². The summed E-state index contributed by atoms with van der Waals surface area (Å²) < 4.78 is 50.3. The van der Waals surface area contributed by atoms with Crippen LogP contribution in [0.4, 0.5) is 5.95 Å². The molecule has 3 aromatic heterocycles. The largest absolute Gasteiger partial charge is 0.494 e. The van der Waals surface area contributed by atoms with Gasteiger partial charge in [-0.1, -0.05) is 24.3 Å². The number of aryl methyl sites for hydroxylation is 2. The normalized spacial score (nSPS) is 13.2. The van der Waals surface area contributed by atoms with Gasteiger partial charge in [0.2, 0.25) is 16.0 Å². The average Bonchev–Trinajstić information content (AvgIpc) is 3.53. The van der Waals surface area contributed by atoms with Crippen LogP contribution in [0.3, 0.4) is 0 Å². The quantitative estimate of drug-likeness (QED) is 0.261. The van der Waals surface area contributed by atoms with Crippen LogP contribution in [0.2, 0.25) is 0 Å². The Hall–Kier alpha value is -4.56. The van der Waals surface area contributed by atoms with E-state index in [-0.39, 0.29) is 17.6 Å². The van der Waals surface area contributed by atoms with Gasteiger partial charge in [-0.2, -0.15) is 5.10 Å². The molecule has 41 heavy (non-hydrogen) atoms. The molecule has 2 atom stereocenters. The van der Waals surface area contributed by atoms with E-state index in [1.165, 1.54) is 32.8 Å². The Balaban J connectivity index is 1.68. The van der Waals surface area contributed by atoms with E-state index in [1.807, 2.05) is 38.2 Å². The van der Waals surface area contributed by atoms with Crippen molar-refractivity contribution in [2.45, 2.75) is 25.2 Å². The Kier molecular flexibility index (Phi) is 7.60. The van der Waals surface area contributed by atoms with Gasteiger partial charge in [0.1, 0.15) is 34.2 Å². The standard InChI is InChI=1S/C27H30N8O5S/c1-16-14-28-25(29-15-16)24(40-6)17(2)41(36,37)33-27-31-30-26(22-18-10-7-8-11-19(18)34(3)32-22)35(27)23-20(38-4)12-9-13-21(23)39-5/h7-15,17,24H,1-6H3,(H,31,33)/t17-,24-/m0/s1. The number of anilines is 1. The first-order chi connectivity index (χ1) is 19.7. The van der Waals surface area contributed by atoms with Crippen LogP contribution in [0.5, 0.6) is 11.5 Å². The number of methoxy groups -OCH3 is 3. The number of aromatic nitrogens is 7. The lowest BCUT2D eigenvalue weighted by molar-refractivity contribution is 0.0949. The smallest absolute Gasteiger partial charge is 0.243 e. The Labute approximate surface area is 237 Å². The molecule has 0 aliphatic carbocycles. The third kappa shape index (κ3) is 5.07. The summed E-state index contributed by atoms with van der Waals surface area (Å²) in [6.07, 6.45) is 2.26. The van der Waals surface area contributed by atoms with Crippen LogP contribution in [-0.2, 0) is 21.8 Å². The molecule has 5 aromatic rings. The van der Waals surface area contributed by atoms with Crippen LogP contribution in [0.1, 0.15) is 24.4 Å². The lowest BCUT2D eigenvalue weighted by Crippen LogP contribution is -2.33. The van der Waals surface area contributed by atoms with E-state index in [4.69, 9.17) is 14.2 Å². The van der Waals surface area contributed by atoms with Gasteiger partial charge >= 0.3 is 0 Å². The SMILES string of the molecule is COc1cccc(OC)c1-n1c(NS(=O)(=O)[C@@H](C)[C@H](OC)c2ncc(C)cn2)nnc1-c1nn(C)c2ccccc12. The number of benzene rings is 2. The van der Waals surface area contributed by atoms with Crippen LogP contribution >= 0.6 is 0 Å². The molecule has 0 saturated carbocycles. The zero-order valence-corrected chi connectivity index (χ0v) is 24.2. The maximum Gasteiger partial charge on any atom is 0.243 e. The Morgan fingerprint density at radius 1 is 0.927 bits per heavy atom. The van der Waals surface area contributed by atoms with Gasteiger partial charge in [-0.15, -0.1) is 10.2 Å².